The van der Waals surface area contributed by atoms with Crippen LogP contribution in [-0.4, -0.2) is 16.7 Å². The van der Waals surface area contributed by atoms with Crippen molar-refractivity contribution >= 4 is 11.6 Å². The zero-order valence-corrected chi connectivity index (χ0v) is 11.5. The molecule has 0 aliphatic heterocycles. The van der Waals surface area contributed by atoms with Gasteiger partial charge in [-0.05, 0) is 30.7 Å². The van der Waals surface area contributed by atoms with Gasteiger partial charge in [-0.25, -0.2) is 4.98 Å². The molecule has 96 valence electrons. The van der Waals surface area contributed by atoms with E-state index in [0.717, 1.165) is 28.4 Å². The van der Waals surface area contributed by atoms with Gasteiger partial charge in [0.15, 0.2) is 5.15 Å². The first kappa shape index (κ1) is 12.9. The van der Waals surface area contributed by atoms with Crippen molar-refractivity contribution in [1.29, 1.82) is 0 Å². The highest BCUT2D eigenvalue weighted by Crippen LogP contribution is 2.28. The fourth-order valence-corrected chi connectivity index (χ4v) is 2.28. The Morgan fingerprint density at radius 3 is 2.67 bits per heavy atom. The molecule has 1 heterocycles. The second kappa shape index (κ2) is 5.00. The van der Waals surface area contributed by atoms with Crippen molar-refractivity contribution in [3.63, 3.8) is 0 Å². The number of imidazole rings is 1. The lowest BCUT2D eigenvalue weighted by molar-refractivity contribution is 0.412. The summed E-state index contributed by atoms with van der Waals surface area (Å²) in [5.41, 5.74) is 8.54. The minimum Gasteiger partial charge on any atom is -0.496 e. The Morgan fingerprint density at radius 2 is 2.17 bits per heavy atom. The van der Waals surface area contributed by atoms with Gasteiger partial charge in [0.05, 0.1) is 12.8 Å². The number of rotatable bonds is 3. The number of benzene rings is 1. The maximum Gasteiger partial charge on any atom is 0.152 e. The van der Waals surface area contributed by atoms with E-state index in [-0.39, 0.29) is 0 Å². The van der Waals surface area contributed by atoms with Crippen LogP contribution in [0.4, 0.5) is 0 Å². The summed E-state index contributed by atoms with van der Waals surface area (Å²) in [4.78, 5) is 4.36. The van der Waals surface area contributed by atoms with Crippen LogP contribution in [0.2, 0.25) is 5.15 Å². The van der Waals surface area contributed by atoms with Gasteiger partial charge in [-0.3, -0.25) is 0 Å². The van der Waals surface area contributed by atoms with Crippen molar-refractivity contribution in [3.8, 4) is 17.1 Å². The molecule has 0 unspecified atom stereocenters. The van der Waals surface area contributed by atoms with Crippen LogP contribution < -0.4 is 10.5 Å². The van der Waals surface area contributed by atoms with Crippen molar-refractivity contribution in [2.45, 2.75) is 13.5 Å². The summed E-state index contributed by atoms with van der Waals surface area (Å²) in [7, 11) is 3.57. The summed E-state index contributed by atoms with van der Waals surface area (Å²) in [5, 5.41) is 0.462. The third-order valence-electron chi connectivity index (χ3n) is 3.01. The molecule has 0 amide bonds. The molecule has 0 radical (unpaired) electrons. The quantitative estimate of drug-likeness (QED) is 0.928. The molecule has 0 saturated heterocycles. The number of ether oxygens (including phenoxy) is 1. The molecule has 0 aliphatic carbocycles. The summed E-state index contributed by atoms with van der Waals surface area (Å²) >= 11 is 6.06. The van der Waals surface area contributed by atoms with E-state index in [1.807, 2.05) is 36.7 Å². The molecule has 5 heteroatoms. The number of methoxy groups -OCH3 is 1. The van der Waals surface area contributed by atoms with E-state index in [1.165, 1.54) is 0 Å². The van der Waals surface area contributed by atoms with Crippen molar-refractivity contribution in [3.05, 3.63) is 34.6 Å². The molecule has 0 atom stereocenters. The van der Waals surface area contributed by atoms with E-state index in [4.69, 9.17) is 22.1 Å². The van der Waals surface area contributed by atoms with Gasteiger partial charge in [-0.2, -0.15) is 0 Å². The highest BCUT2D eigenvalue weighted by Gasteiger charge is 2.14. The molecule has 2 rings (SSSR count). The standard InChI is InChI=1S/C13H16ClN3O/c1-8-6-9(4-5-11(8)18-3)13-16-12(14)10(7-15)17(13)2/h4-6H,7,15H2,1-3H3. The van der Waals surface area contributed by atoms with Gasteiger partial charge >= 0.3 is 0 Å². The van der Waals surface area contributed by atoms with E-state index >= 15 is 0 Å². The Hall–Kier alpha value is -1.52. The summed E-state index contributed by atoms with van der Waals surface area (Å²) in [5.74, 6) is 1.67. The van der Waals surface area contributed by atoms with Crippen LogP contribution in [0, 0.1) is 6.92 Å². The minimum atomic E-state index is 0.372. The number of nitrogens with two attached hydrogens (primary N) is 1. The molecule has 0 saturated carbocycles. The summed E-state index contributed by atoms with van der Waals surface area (Å²) in [6, 6.07) is 5.91. The molecule has 0 spiro atoms. The fourth-order valence-electron chi connectivity index (χ4n) is 2.00. The predicted molar refractivity (Wildman–Crippen MR) is 72.8 cm³/mol. The van der Waals surface area contributed by atoms with E-state index in [2.05, 4.69) is 4.98 Å². The molecular formula is C13H16ClN3O. The Kier molecular flexibility index (Phi) is 3.59. The minimum absolute atomic E-state index is 0.372. The number of hydrogen-bond acceptors (Lipinski definition) is 3. The topological polar surface area (TPSA) is 53.1 Å². The van der Waals surface area contributed by atoms with Crippen LogP contribution >= 0.6 is 11.6 Å². The summed E-state index contributed by atoms with van der Waals surface area (Å²) in [6.45, 7) is 2.37. The normalized spacial score (nSPS) is 10.7. The molecule has 0 aliphatic rings. The van der Waals surface area contributed by atoms with Gasteiger partial charge in [0.1, 0.15) is 11.6 Å². The van der Waals surface area contributed by atoms with Gasteiger partial charge in [0.2, 0.25) is 0 Å². The number of aromatic nitrogens is 2. The van der Waals surface area contributed by atoms with Crippen molar-refractivity contribution in [2.75, 3.05) is 7.11 Å². The van der Waals surface area contributed by atoms with E-state index in [0.29, 0.717) is 11.7 Å². The molecule has 0 fully saturated rings. The highest BCUT2D eigenvalue weighted by atomic mass is 35.5. The monoisotopic (exact) mass is 265 g/mol. The second-order valence-electron chi connectivity index (χ2n) is 4.12. The largest absolute Gasteiger partial charge is 0.496 e. The fraction of sp³-hybridized carbons (Fsp3) is 0.308. The highest BCUT2D eigenvalue weighted by molar-refractivity contribution is 6.30. The molecule has 2 aromatic rings. The van der Waals surface area contributed by atoms with Crippen molar-refractivity contribution in [2.24, 2.45) is 12.8 Å². The summed E-state index contributed by atoms with van der Waals surface area (Å²) < 4.78 is 7.16. The molecule has 2 N–H and O–H groups in total. The maximum absolute atomic E-state index is 6.06. The molecule has 1 aromatic carbocycles. The van der Waals surface area contributed by atoms with Gasteiger partial charge in [-0.1, -0.05) is 11.6 Å². The van der Waals surface area contributed by atoms with Gasteiger partial charge < -0.3 is 15.0 Å². The molecule has 18 heavy (non-hydrogen) atoms. The molecule has 1 aromatic heterocycles. The average molecular weight is 266 g/mol. The molecule has 0 bridgehead atoms. The second-order valence-corrected chi connectivity index (χ2v) is 4.48. The number of aryl methyl sites for hydroxylation is 1. The van der Waals surface area contributed by atoms with Gasteiger partial charge in [0.25, 0.3) is 0 Å². The Labute approximate surface area is 111 Å². The van der Waals surface area contributed by atoms with Gasteiger partial charge in [0, 0.05) is 19.2 Å². The smallest absolute Gasteiger partial charge is 0.152 e. The zero-order chi connectivity index (χ0) is 13.3. The van der Waals surface area contributed by atoms with Crippen LogP contribution in [-0.2, 0) is 13.6 Å². The molecular weight excluding hydrogens is 250 g/mol. The van der Waals surface area contributed by atoms with E-state index in [9.17, 15) is 0 Å². The van der Waals surface area contributed by atoms with E-state index < -0.39 is 0 Å². The lowest BCUT2D eigenvalue weighted by atomic mass is 10.1. The third kappa shape index (κ3) is 2.09. The zero-order valence-electron chi connectivity index (χ0n) is 10.7. The van der Waals surface area contributed by atoms with Crippen LogP contribution in [0.15, 0.2) is 18.2 Å². The van der Waals surface area contributed by atoms with Crippen LogP contribution in [0.5, 0.6) is 5.75 Å². The van der Waals surface area contributed by atoms with Crippen LogP contribution in [0.25, 0.3) is 11.4 Å². The van der Waals surface area contributed by atoms with Gasteiger partial charge in [-0.15, -0.1) is 0 Å². The Bertz CT molecular complexity index is 578. The van der Waals surface area contributed by atoms with Crippen LogP contribution in [0.3, 0.4) is 0 Å². The number of hydrogen-bond donors (Lipinski definition) is 1. The number of halogens is 1. The van der Waals surface area contributed by atoms with E-state index in [1.54, 1.807) is 7.11 Å². The SMILES string of the molecule is COc1ccc(-c2nc(Cl)c(CN)n2C)cc1C. The summed E-state index contributed by atoms with van der Waals surface area (Å²) in [6.07, 6.45) is 0. The van der Waals surface area contributed by atoms with Crippen LogP contribution in [0.1, 0.15) is 11.3 Å². The average Bonchev–Trinajstić information content (AvgIpc) is 2.64. The lowest BCUT2D eigenvalue weighted by Gasteiger charge is -2.08. The van der Waals surface area contributed by atoms with Crippen molar-refractivity contribution < 1.29 is 4.74 Å². The van der Waals surface area contributed by atoms with Crippen molar-refractivity contribution in [1.82, 2.24) is 9.55 Å². The predicted octanol–water partition coefficient (Wildman–Crippen LogP) is 2.52. The maximum atomic E-state index is 6.06. The first-order chi connectivity index (χ1) is 8.58. The first-order valence-corrected chi connectivity index (χ1v) is 6.02. The third-order valence-corrected chi connectivity index (χ3v) is 3.31. The molecule has 4 nitrogen and oxygen atoms in total. The number of nitrogens with zero attached hydrogens (tertiary/aromatic N) is 2. The Morgan fingerprint density at radius 1 is 1.44 bits per heavy atom. The Balaban J connectivity index is 2.52. The first-order valence-electron chi connectivity index (χ1n) is 5.64. The lowest BCUT2D eigenvalue weighted by Crippen LogP contribution is -2.04.